The van der Waals surface area contributed by atoms with E-state index in [9.17, 15) is 20.1 Å². The van der Waals surface area contributed by atoms with E-state index < -0.39 is 6.10 Å². The van der Waals surface area contributed by atoms with Crippen LogP contribution in [0.4, 0.5) is 0 Å². The molecule has 2 unspecified atom stereocenters. The van der Waals surface area contributed by atoms with Crippen LogP contribution in [0.2, 0.25) is 0 Å². The number of rotatable bonds is 11. The molecule has 0 saturated carbocycles. The Bertz CT molecular complexity index is 920. The number of allylic oxidation sites excluding steroid dienone is 5. The van der Waals surface area contributed by atoms with Crippen molar-refractivity contribution < 1.29 is 24.9 Å². The second-order valence-corrected chi connectivity index (χ2v) is 9.61. The lowest BCUT2D eigenvalue weighted by molar-refractivity contribution is -0.114. The number of hydrogen-bond acceptors (Lipinski definition) is 5. The van der Waals surface area contributed by atoms with E-state index in [0.29, 0.717) is 30.4 Å². The second-order valence-electron chi connectivity index (χ2n) is 9.61. The van der Waals surface area contributed by atoms with Crippen LogP contribution in [0.1, 0.15) is 71.4 Å². The van der Waals surface area contributed by atoms with Gasteiger partial charge in [-0.15, -0.1) is 0 Å². The van der Waals surface area contributed by atoms with Crippen molar-refractivity contribution in [2.45, 2.75) is 91.5 Å². The third kappa shape index (κ3) is 7.95. The summed E-state index contributed by atoms with van der Waals surface area (Å²) >= 11 is 0. The predicted octanol–water partition coefficient (Wildman–Crippen LogP) is 5.46. The van der Waals surface area contributed by atoms with Gasteiger partial charge in [0, 0.05) is 18.4 Å². The first-order chi connectivity index (χ1) is 14.9. The number of aromatic hydroxyl groups is 2. The van der Waals surface area contributed by atoms with E-state index in [-0.39, 0.29) is 29.0 Å². The highest BCUT2D eigenvalue weighted by Gasteiger charge is 2.48. The first-order valence-electron chi connectivity index (χ1n) is 11.3. The van der Waals surface area contributed by atoms with Crippen LogP contribution in [0, 0.1) is 6.92 Å². The number of carbonyl (C=O) groups excluding carboxylic acids is 1. The van der Waals surface area contributed by atoms with Gasteiger partial charge >= 0.3 is 0 Å². The molecule has 0 amide bonds. The van der Waals surface area contributed by atoms with Crippen molar-refractivity contribution in [2.24, 2.45) is 0 Å². The molecule has 1 aromatic rings. The highest BCUT2D eigenvalue weighted by atomic mass is 16.6. The molecule has 2 atom stereocenters. The molecule has 32 heavy (non-hydrogen) atoms. The number of ether oxygens (including phenoxy) is 1. The van der Waals surface area contributed by atoms with Gasteiger partial charge in [-0.1, -0.05) is 23.3 Å². The number of phenolic OH excluding ortho intramolecular Hbond substituents is 2. The van der Waals surface area contributed by atoms with Gasteiger partial charge in [-0.3, -0.25) is 4.79 Å². The molecule has 0 bridgehead atoms. The monoisotopic (exact) mass is 442 g/mol. The maximum atomic E-state index is 12.4. The lowest BCUT2D eigenvalue weighted by Crippen LogP contribution is -2.15. The van der Waals surface area contributed by atoms with Crippen molar-refractivity contribution in [3.05, 3.63) is 58.2 Å². The number of epoxide rings is 1. The molecule has 3 N–H and O–H groups in total. The number of carbonyl (C=O) groups is 1. The van der Waals surface area contributed by atoms with Gasteiger partial charge in [0.2, 0.25) is 0 Å². The molecule has 5 nitrogen and oxygen atoms in total. The van der Waals surface area contributed by atoms with Crippen molar-refractivity contribution in [1.29, 1.82) is 0 Å². The summed E-state index contributed by atoms with van der Waals surface area (Å²) in [5.74, 6) is 0.342. The molecule has 0 aromatic heterocycles. The number of ketones is 1. The summed E-state index contributed by atoms with van der Waals surface area (Å²) in [5, 5.41) is 30.1. The average molecular weight is 443 g/mol. The third-order valence-electron chi connectivity index (χ3n) is 6.03. The molecule has 0 aliphatic carbocycles. The van der Waals surface area contributed by atoms with Gasteiger partial charge in [0.1, 0.15) is 11.5 Å². The van der Waals surface area contributed by atoms with Crippen LogP contribution in [0.15, 0.2) is 47.1 Å². The van der Waals surface area contributed by atoms with Crippen molar-refractivity contribution in [2.75, 3.05) is 0 Å². The van der Waals surface area contributed by atoms with E-state index in [1.54, 1.807) is 19.1 Å². The number of hydrogen-bond donors (Lipinski definition) is 3. The molecule has 1 aliphatic heterocycles. The summed E-state index contributed by atoms with van der Waals surface area (Å²) in [6, 6.07) is 3.06. The van der Waals surface area contributed by atoms with Crippen molar-refractivity contribution in [3.63, 3.8) is 0 Å². The first kappa shape index (κ1) is 25.9. The number of phenols is 2. The third-order valence-corrected chi connectivity index (χ3v) is 6.03. The van der Waals surface area contributed by atoms with Gasteiger partial charge in [-0.05, 0) is 90.2 Å². The molecular formula is C27H38O5. The van der Waals surface area contributed by atoms with Crippen molar-refractivity contribution in [3.8, 4) is 11.5 Å². The number of benzene rings is 1. The molecule has 1 aromatic carbocycles. The zero-order valence-electron chi connectivity index (χ0n) is 20.2. The van der Waals surface area contributed by atoms with Crippen LogP contribution in [-0.2, 0) is 16.0 Å². The van der Waals surface area contributed by atoms with Gasteiger partial charge in [0.15, 0.2) is 5.78 Å². The fourth-order valence-corrected chi connectivity index (χ4v) is 3.73. The molecule has 1 aliphatic rings. The van der Waals surface area contributed by atoms with Crippen LogP contribution in [0.25, 0.3) is 0 Å². The predicted molar refractivity (Wildman–Crippen MR) is 128 cm³/mol. The highest BCUT2D eigenvalue weighted by molar-refractivity contribution is 5.91. The van der Waals surface area contributed by atoms with Crippen LogP contribution in [0.3, 0.4) is 0 Å². The Morgan fingerprint density at radius 3 is 2.44 bits per heavy atom. The second kappa shape index (κ2) is 11.0. The summed E-state index contributed by atoms with van der Waals surface area (Å²) < 4.78 is 5.54. The topological polar surface area (TPSA) is 90.3 Å². The zero-order chi connectivity index (χ0) is 24.1. The molecule has 5 heteroatoms. The minimum atomic E-state index is -0.491. The van der Waals surface area contributed by atoms with Crippen LogP contribution in [-0.4, -0.2) is 38.9 Å². The Hall–Kier alpha value is -2.37. The Labute approximate surface area is 192 Å². The smallest absolute Gasteiger partial charge is 0.159 e. The SMILES string of the molecule is CC(=CC(=O)CC(C)=CCc1cc(O)cc(C)c1O)CCC=C(C)C(O)CC1OC1(C)C. The Kier molecular flexibility index (Phi) is 8.88. The fraction of sp³-hybridized carbons (Fsp3) is 0.519. The molecule has 2 rings (SSSR count). The normalized spacial score (nSPS) is 19.7. The van der Waals surface area contributed by atoms with E-state index in [2.05, 4.69) is 0 Å². The van der Waals surface area contributed by atoms with Gasteiger partial charge in [-0.25, -0.2) is 0 Å². The Balaban J connectivity index is 1.80. The van der Waals surface area contributed by atoms with Gasteiger partial charge in [0.05, 0.1) is 17.8 Å². The molecule has 0 spiro atoms. The maximum Gasteiger partial charge on any atom is 0.159 e. The van der Waals surface area contributed by atoms with E-state index in [4.69, 9.17) is 4.74 Å². The van der Waals surface area contributed by atoms with E-state index in [1.807, 2.05) is 46.8 Å². The minimum absolute atomic E-state index is 0.0430. The molecule has 1 heterocycles. The summed E-state index contributed by atoms with van der Waals surface area (Å²) in [4.78, 5) is 12.4. The molecule has 0 radical (unpaired) electrons. The number of aliphatic hydroxyl groups is 1. The minimum Gasteiger partial charge on any atom is -0.508 e. The summed E-state index contributed by atoms with van der Waals surface area (Å²) in [5.41, 5.74) is 4.03. The standard InChI is InChI=1S/C27H38O5/c1-17(8-7-9-19(3)24(30)16-25-27(5,6)32-25)12-22(28)13-18(2)10-11-21-15-23(29)14-20(4)26(21)31/h9-10,12,14-15,24-25,29-31H,7-8,11,13,16H2,1-6H3. The van der Waals surface area contributed by atoms with E-state index >= 15 is 0 Å². The lowest BCUT2D eigenvalue weighted by atomic mass is 9.99. The molecule has 1 fully saturated rings. The maximum absolute atomic E-state index is 12.4. The summed E-state index contributed by atoms with van der Waals surface area (Å²) in [6.45, 7) is 11.6. The highest BCUT2D eigenvalue weighted by Crippen LogP contribution is 2.39. The molecule has 176 valence electrons. The largest absolute Gasteiger partial charge is 0.508 e. The Morgan fingerprint density at radius 1 is 1.16 bits per heavy atom. The number of aliphatic hydroxyl groups excluding tert-OH is 1. The number of aryl methyl sites for hydroxylation is 1. The summed E-state index contributed by atoms with van der Waals surface area (Å²) in [7, 11) is 0. The van der Waals surface area contributed by atoms with Gasteiger partial charge in [-0.2, -0.15) is 0 Å². The van der Waals surface area contributed by atoms with E-state index in [1.165, 1.54) is 6.07 Å². The fourth-order valence-electron chi connectivity index (χ4n) is 3.73. The first-order valence-corrected chi connectivity index (χ1v) is 11.3. The van der Waals surface area contributed by atoms with Crippen LogP contribution < -0.4 is 0 Å². The van der Waals surface area contributed by atoms with Crippen LogP contribution in [0.5, 0.6) is 11.5 Å². The average Bonchev–Trinajstić information content (AvgIpc) is 3.28. The Morgan fingerprint density at radius 2 is 1.81 bits per heavy atom. The van der Waals surface area contributed by atoms with Gasteiger partial charge < -0.3 is 20.1 Å². The van der Waals surface area contributed by atoms with Crippen LogP contribution >= 0.6 is 0 Å². The molecule has 1 saturated heterocycles. The lowest BCUT2D eigenvalue weighted by Gasteiger charge is -2.10. The van der Waals surface area contributed by atoms with Gasteiger partial charge in [0.25, 0.3) is 0 Å². The zero-order valence-corrected chi connectivity index (χ0v) is 20.2. The summed E-state index contributed by atoms with van der Waals surface area (Å²) in [6.07, 6.45) is 8.20. The van der Waals surface area contributed by atoms with Crippen molar-refractivity contribution >= 4 is 5.78 Å². The quantitative estimate of drug-likeness (QED) is 0.183. The van der Waals surface area contributed by atoms with E-state index in [0.717, 1.165) is 29.6 Å². The molecular weight excluding hydrogens is 404 g/mol. The van der Waals surface area contributed by atoms with Crippen molar-refractivity contribution in [1.82, 2.24) is 0 Å².